The highest BCUT2D eigenvalue weighted by molar-refractivity contribution is 6.18. The lowest BCUT2D eigenvalue weighted by atomic mass is 10.2. The molecule has 0 saturated heterocycles. The van der Waals surface area contributed by atoms with E-state index in [2.05, 4.69) is 10.6 Å². The summed E-state index contributed by atoms with van der Waals surface area (Å²) in [4.78, 5) is 11.3. The van der Waals surface area contributed by atoms with Crippen molar-refractivity contribution in [1.82, 2.24) is 5.32 Å². The summed E-state index contributed by atoms with van der Waals surface area (Å²) in [5.74, 6) is 0.629. The summed E-state index contributed by atoms with van der Waals surface area (Å²) in [6.07, 6.45) is 0. The van der Waals surface area contributed by atoms with Crippen LogP contribution in [0.4, 0.5) is 10.5 Å². The van der Waals surface area contributed by atoms with Crippen LogP contribution in [0.5, 0.6) is 11.5 Å². The van der Waals surface area contributed by atoms with E-state index in [9.17, 15) is 4.79 Å². The van der Waals surface area contributed by atoms with Gasteiger partial charge < -0.3 is 20.1 Å². The van der Waals surface area contributed by atoms with Gasteiger partial charge in [-0.15, -0.1) is 11.6 Å². The summed E-state index contributed by atoms with van der Waals surface area (Å²) in [6.45, 7) is 3.66. The normalized spacial score (nSPS) is 20.7. The van der Waals surface area contributed by atoms with Crippen LogP contribution < -0.4 is 20.1 Å². The predicted octanol–water partition coefficient (Wildman–Crippen LogP) is 2.47. The largest absolute Gasteiger partial charge is 0.447 e. The van der Waals surface area contributed by atoms with Crippen molar-refractivity contribution in [2.24, 2.45) is 0 Å². The fourth-order valence-electron chi connectivity index (χ4n) is 1.74. The van der Waals surface area contributed by atoms with Crippen LogP contribution >= 0.6 is 11.6 Å². The molecule has 1 unspecified atom stereocenters. The standard InChI is InChI=1S/C12H15ClN2O3/c1-7-4-8(15-11(16)14-3)5-9-10(7)18-12(2,6-13)17-9/h4-5H,6H2,1-3H3,(H2,14,15,16). The van der Waals surface area contributed by atoms with Crippen molar-refractivity contribution in [2.45, 2.75) is 19.6 Å². The highest BCUT2D eigenvalue weighted by Gasteiger charge is 2.37. The third kappa shape index (κ3) is 2.31. The van der Waals surface area contributed by atoms with Crippen LogP contribution in [0.15, 0.2) is 12.1 Å². The average Bonchev–Trinajstić information content (AvgIpc) is 2.67. The molecule has 0 radical (unpaired) electrons. The van der Waals surface area contributed by atoms with Crippen molar-refractivity contribution >= 4 is 23.3 Å². The molecule has 0 fully saturated rings. The number of carbonyl (C=O) groups excluding carboxylic acids is 1. The second-order valence-corrected chi connectivity index (χ2v) is 4.56. The fraction of sp³-hybridized carbons (Fsp3) is 0.417. The van der Waals surface area contributed by atoms with Crippen LogP contribution in [0.3, 0.4) is 0 Å². The molecule has 1 atom stereocenters. The Balaban J connectivity index is 2.29. The van der Waals surface area contributed by atoms with Crippen molar-refractivity contribution in [1.29, 1.82) is 0 Å². The number of hydrogen-bond donors (Lipinski definition) is 2. The van der Waals surface area contributed by atoms with Crippen LogP contribution in [0.2, 0.25) is 0 Å². The van der Waals surface area contributed by atoms with E-state index < -0.39 is 5.79 Å². The maximum absolute atomic E-state index is 11.3. The summed E-state index contributed by atoms with van der Waals surface area (Å²) in [7, 11) is 1.56. The zero-order valence-corrected chi connectivity index (χ0v) is 11.2. The van der Waals surface area contributed by atoms with Crippen molar-refractivity contribution in [3.05, 3.63) is 17.7 Å². The number of urea groups is 1. The number of anilines is 1. The Hall–Kier alpha value is -1.62. The highest BCUT2D eigenvalue weighted by Crippen LogP contribution is 2.43. The van der Waals surface area contributed by atoms with Gasteiger partial charge in [-0.3, -0.25) is 0 Å². The highest BCUT2D eigenvalue weighted by atomic mass is 35.5. The molecule has 98 valence electrons. The summed E-state index contributed by atoms with van der Waals surface area (Å²) >= 11 is 5.81. The summed E-state index contributed by atoms with van der Waals surface area (Å²) in [6, 6.07) is 3.25. The van der Waals surface area contributed by atoms with Crippen molar-refractivity contribution in [3.63, 3.8) is 0 Å². The number of fused-ring (bicyclic) bond motifs is 1. The molecule has 2 N–H and O–H groups in total. The second kappa shape index (κ2) is 4.57. The molecule has 1 aliphatic heterocycles. The first-order valence-corrected chi connectivity index (χ1v) is 6.08. The Morgan fingerprint density at radius 2 is 2.17 bits per heavy atom. The van der Waals surface area contributed by atoms with Crippen LogP contribution in [0, 0.1) is 6.92 Å². The molecule has 5 nitrogen and oxygen atoms in total. The molecule has 2 amide bonds. The van der Waals surface area contributed by atoms with E-state index in [4.69, 9.17) is 21.1 Å². The smallest absolute Gasteiger partial charge is 0.318 e. The Morgan fingerprint density at radius 3 is 2.78 bits per heavy atom. The third-order valence-electron chi connectivity index (χ3n) is 2.61. The number of amides is 2. The maximum atomic E-state index is 11.3. The van der Waals surface area contributed by atoms with Gasteiger partial charge >= 0.3 is 6.03 Å². The van der Waals surface area contributed by atoms with Gasteiger partial charge in [0.15, 0.2) is 11.5 Å². The average molecular weight is 271 g/mol. The molecule has 1 aromatic rings. The molecule has 2 rings (SSSR count). The van der Waals surface area contributed by atoms with E-state index in [0.717, 1.165) is 5.56 Å². The van der Waals surface area contributed by atoms with E-state index >= 15 is 0 Å². The van der Waals surface area contributed by atoms with E-state index in [-0.39, 0.29) is 11.9 Å². The topological polar surface area (TPSA) is 59.6 Å². The lowest BCUT2D eigenvalue weighted by molar-refractivity contribution is -0.0399. The molecule has 0 spiro atoms. The second-order valence-electron chi connectivity index (χ2n) is 4.30. The summed E-state index contributed by atoms with van der Waals surface area (Å²) in [5.41, 5.74) is 1.53. The van der Waals surface area contributed by atoms with Crippen LogP contribution in [-0.2, 0) is 0 Å². The minimum Gasteiger partial charge on any atom is -0.447 e. The number of hydrogen-bond acceptors (Lipinski definition) is 3. The molecule has 1 heterocycles. The zero-order valence-electron chi connectivity index (χ0n) is 10.5. The van der Waals surface area contributed by atoms with Crippen LogP contribution in [0.1, 0.15) is 12.5 Å². The van der Waals surface area contributed by atoms with Gasteiger partial charge in [0.1, 0.15) is 0 Å². The van der Waals surface area contributed by atoms with Gasteiger partial charge in [-0.1, -0.05) is 0 Å². The molecule has 6 heteroatoms. The molecule has 18 heavy (non-hydrogen) atoms. The SMILES string of the molecule is CNC(=O)Nc1cc(C)c2c(c1)OC(C)(CCl)O2. The molecule has 0 saturated carbocycles. The Morgan fingerprint density at radius 1 is 1.44 bits per heavy atom. The number of rotatable bonds is 2. The lowest BCUT2D eigenvalue weighted by Gasteiger charge is -2.19. The number of nitrogens with one attached hydrogen (secondary N) is 2. The number of alkyl halides is 1. The van der Waals surface area contributed by atoms with Crippen LogP contribution in [0.25, 0.3) is 0 Å². The van der Waals surface area contributed by atoms with Gasteiger partial charge in [-0.05, 0) is 18.6 Å². The Labute approximate surface area is 110 Å². The maximum Gasteiger partial charge on any atom is 0.318 e. The monoisotopic (exact) mass is 270 g/mol. The minimum absolute atomic E-state index is 0.222. The lowest BCUT2D eigenvalue weighted by Crippen LogP contribution is -2.36. The van der Waals surface area contributed by atoms with Gasteiger partial charge in [-0.25, -0.2) is 4.79 Å². The molecular formula is C12H15ClN2O3. The first kappa shape index (κ1) is 12.8. The first-order chi connectivity index (χ1) is 8.47. The van der Waals surface area contributed by atoms with Gasteiger partial charge in [0.2, 0.25) is 0 Å². The first-order valence-electron chi connectivity index (χ1n) is 5.55. The number of carbonyl (C=O) groups is 1. The fourth-order valence-corrected chi connectivity index (χ4v) is 1.85. The Kier molecular flexibility index (Phi) is 3.26. The van der Waals surface area contributed by atoms with Crippen molar-refractivity contribution in [3.8, 4) is 11.5 Å². The molecule has 0 bridgehead atoms. The molecule has 1 aliphatic rings. The van der Waals surface area contributed by atoms with Crippen molar-refractivity contribution < 1.29 is 14.3 Å². The molecule has 1 aromatic carbocycles. The van der Waals surface area contributed by atoms with E-state index in [1.54, 1.807) is 20.0 Å². The zero-order chi connectivity index (χ0) is 13.3. The minimum atomic E-state index is -0.847. The predicted molar refractivity (Wildman–Crippen MR) is 69.6 cm³/mol. The number of benzene rings is 1. The van der Waals surface area contributed by atoms with E-state index in [0.29, 0.717) is 17.2 Å². The van der Waals surface area contributed by atoms with Gasteiger partial charge in [0, 0.05) is 25.7 Å². The molecular weight excluding hydrogens is 256 g/mol. The van der Waals surface area contributed by atoms with Gasteiger partial charge in [-0.2, -0.15) is 0 Å². The van der Waals surface area contributed by atoms with Gasteiger partial charge in [0.05, 0.1) is 5.88 Å². The number of halogens is 1. The molecule has 0 aromatic heterocycles. The van der Waals surface area contributed by atoms with Crippen molar-refractivity contribution in [2.75, 3.05) is 18.2 Å². The molecule has 0 aliphatic carbocycles. The van der Waals surface area contributed by atoms with E-state index in [1.807, 2.05) is 13.0 Å². The number of ether oxygens (including phenoxy) is 2. The van der Waals surface area contributed by atoms with Gasteiger partial charge in [0.25, 0.3) is 5.79 Å². The van der Waals surface area contributed by atoms with E-state index in [1.165, 1.54) is 0 Å². The Bertz CT molecular complexity index is 492. The number of aryl methyl sites for hydroxylation is 1. The van der Waals surface area contributed by atoms with Crippen LogP contribution in [-0.4, -0.2) is 24.7 Å². The quantitative estimate of drug-likeness (QED) is 0.812. The summed E-state index contributed by atoms with van der Waals surface area (Å²) < 4.78 is 11.3. The summed E-state index contributed by atoms with van der Waals surface area (Å²) in [5, 5.41) is 5.17. The third-order valence-corrected chi connectivity index (χ3v) is 3.10.